The number of urea groups is 1. The quantitative estimate of drug-likeness (QED) is 0.310. The van der Waals surface area contributed by atoms with E-state index in [1.807, 2.05) is 10.6 Å². The lowest BCUT2D eigenvalue weighted by Crippen LogP contribution is -2.32. The summed E-state index contributed by atoms with van der Waals surface area (Å²) in [5.41, 5.74) is 2.38. The fourth-order valence-electron chi connectivity index (χ4n) is 3.09. The summed E-state index contributed by atoms with van der Waals surface area (Å²) >= 11 is 1.57. The molecule has 8 heteroatoms. The molecular weight excluding hydrogens is 386 g/mol. The number of nitrogens with zero attached hydrogens (tertiary/aromatic N) is 4. The van der Waals surface area contributed by atoms with Crippen LogP contribution in [-0.4, -0.2) is 50.4 Å². The first-order valence-corrected chi connectivity index (χ1v) is 10.7. The summed E-state index contributed by atoms with van der Waals surface area (Å²) in [4.78, 5) is 24.5. The lowest BCUT2D eigenvalue weighted by Gasteiger charge is -2.19. The fraction of sp³-hybridized carbons (Fsp3) is 0.429. The van der Waals surface area contributed by atoms with Crippen molar-refractivity contribution in [2.45, 2.75) is 44.3 Å². The summed E-state index contributed by atoms with van der Waals surface area (Å²) in [5.74, 6) is 1.37. The van der Waals surface area contributed by atoms with Crippen LogP contribution in [0.3, 0.4) is 0 Å². The maximum absolute atomic E-state index is 11.6. The molecule has 1 fully saturated rings. The molecule has 2 heterocycles. The summed E-state index contributed by atoms with van der Waals surface area (Å²) < 4.78 is 2.04. The van der Waals surface area contributed by atoms with Crippen molar-refractivity contribution in [3.05, 3.63) is 42.5 Å². The van der Waals surface area contributed by atoms with Gasteiger partial charge in [0.15, 0.2) is 11.0 Å². The molecule has 154 valence electrons. The van der Waals surface area contributed by atoms with Gasteiger partial charge in [0, 0.05) is 24.4 Å². The lowest BCUT2D eigenvalue weighted by atomic mass is 9.87. The Morgan fingerprint density at radius 2 is 1.93 bits per heavy atom. The van der Waals surface area contributed by atoms with Gasteiger partial charge < -0.3 is 5.32 Å². The van der Waals surface area contributed by atoms with E-state index in [2.05, 4.69) is 67.1 Å². The number of hydrogen-bond donors (Lipinski definition) is 1. The van der Waals surface area contributed by atoms with Crippen LogP contribution in [0.15, 0.2) is 42.1 Å². The van der Waals surface area contributed by atoms with Crippen LogP contribution in [0.1, 0.15) is 32.8 Å². The molecule has 0 spiro atoms. The summed E-state index contributed by atoms with van der Waals surface area (Å²) in [5, 5.41) is 12.1. The third kappa shape index (κ3) is 4.87. The van der Waals surface area contributed by atoms with Gasteiger partial charge in [0.2, 0.25) is 5.91 Å². The minimum absolute atomic E-state index is 0.0942. The second-order valence-electron chi connectivity index (χ2n) is 7.94. The molecule has 0 aliphatic carbocycles. The highest BCUT2D eigenvalue weighted by Crippen LogP contribution is 2.28. The summed E-state index contributed by atoms with van der Waals surface area (Å²) in [6.07, 6.45) is 2.52. The minimum Gasteiger partial charge on any atom is -0.329 e. The Morgan fingerprint density at radius 1 is 1.21 bits per heavy atom. The van der Waals surface area contributed by atoms with Crippen molar-refractivity contribution in [2.75, 3.05) is 18.8 Å². The van der Waals surface area contributed by atoms with E-state index in [4.69, 9.17) is 0 Å². The molecule has 1 aromatic heterocycles. The zero-order valence-corrected chi connectivity index (χ0v) is 18.0. The van der Waals surface area contributed by atoms with Crippen LogP contribution in [0.4, 0.5) is 4.79 Å². The largest absolute Gasteiger partial charge is 0.329 e. The van der Waals surface area contributed by atoms with Gasteiger partial charge in [-0.25, -0.2) is 4.79 Å². The van der Waals surface area contributed by atoms with E-state index in [-0.39, 0.29) is 23.9 Å². The molecule has 3 rings (SSSR count). The summed E-state index contributed by atoms with van der Waals surface area (Å²) in [6.45, 7) is 11.5. The number of carbonyl (C=O) groups excluding carboxylic acids is 2. The number of rotatable bonds is 8. The van der Waals surface area contributed by atoms with E-state index in [0.717, 1.165) is 22.3 Å². The van der Waals surface area contributed by atoms with Crippen LogP contribution in [0.25, 0.3) is 11.4 Å². The van der Waals surface area contributed by atoms with Crippen molar-refractivity contribution in [3.63, 3.8) is 0 Å². The second kappa shape index (κ2) is 8.82. The average molecular weight is 414 g/mol. The van der Waals surface area contributed by atoms with Crippen molar-refractivity contribution in [3.8, 4) is 11.4 Å². The number of carbonyl (C=O) groups is 2. The second-order valence-corrected chi connectivity index (χ2v) is 9.00. The van der Waals surface area contributed by atoms with Gasteiger partial charge >= 0.3 is 6.03 Å². The normalized spacial score (nSPS) is 14.4. The Morgan fingerprint density at radius 3 is 2.52 bits per heavy atom. The van der Waals surface area contributed by atoms with Gasteiger partial charge in [0.05, 0.1) is 6.54 Å². The molecule has 0 unspecified atom stereocenters. The summed E-state index contributed by atoms with van der Waals surface area (Å²) in [7, 11) is 0. The van der Waals surface area contributed by atoms with Crippen LogP contribution in [0.5, 0.6) is 0 Å². The van der Waals surface area contributed by atoms with Crippen LogP contribution in [0, 0.1) is 0 Å². The Labute approximate surface area is 175 Å². The Kier molecular flexibility index (Phi) is 6.42. The molecule has 1 saturated heterocycles. The highest BCUT2D eigenvalue weighted by atomic mass is 32.2. The van der Waals surface area contributed by atoms with Gasteiger partial charge in [0.1, 0.15) is 0 Å². The smallest absolute Gasteiger partial charge is 0.324 e. The Balaban J connectivity index is 1.67. The SMILES string of the molecule is C=CCn1c(SCCCN2C(=O)CNC2=O)nnc1-c1ccc(C(C)(C)C)cc1. The number of hydrogen-bond acceptors (Lipinski definition) is 5. The van der Waals surface area contributed by atoms with Gasteiger partial charge in [-0.3, -0.25) is 14.3 Å². The average Bonchev–Trinajstić information content (AvgIpc) is 3.22. The van der Waals surface area contributed by atoms with Crippen molar-refractivity contribution in [1.82, 2.24) is 25.0 Å². The topological polar surface area (TPSA) is 80.1 Å². The number of amides is 3. The van der Waals surface area contributed by atoms with Crippen molar-refractivity contribution >= 4 is 23.7 Å². The van der Waals surface area contributed by atoms with Gasteiger partial charge in [-0.2, -0.15) is 0 Å². The molecule has 3 amide bonds. The summed E-state index contributed by atoms with van der Waals surface area (Å²) in [6, 6.07) is 8.11. The highest BCUT2D eigenvalue weighted by Gasteiger charge is 2.27. The molecule has 1 aliphatic heterocycles. The Hall–Kier alpha value is -2.61. The first kappa shape index (κ1) is 21.1. The van der Waals surface area contributed by atoms with Crippen molar-refractivity contribution in [2.24, 2.45) is 0 Å². The standard InChI is InChI=1S/C21H27N5O2S/c1-5-11-26-18(15-7-9-16(10-8-15)21(2,3)4)23-24-20(26)29-13-6-12-25-17(27)14-22-19(25)28/h5,7-10H,1,6,11-14H2,2-4H3,(H,22,28). The molecular formula is C21H27N5O2S. The number of aromatic nitrogens is 3. The van der Waals surface area contributed by atoms with E-state index in [9.17, 15) is 9.59 Å². The zero-order chi connectivity index (χ0) is 21.0. The van der Waals surface area contributed by atoms with E-state index >= 15 is 0 Å². The van der Waals surface area contributed by atoms with Crippen molar-refractivity contribution in [1.29, 1.82) is 0 Å². The van der Waals surface area contributed by atoms with Gasteiger partial charge in [0.25, 0.3) is 0 Å². The predicted octanol–water partition coefficient (Wildman–Crippen LogP) is 3.46. The molecule has 0 bridgehead atoms. The number of nitrogens with one attached hydrogen (secondary N) is 1. The third-order valence-corrected chi connectivity index (χ3v) is 5.78. The van der Waals surface area contributed by atoms with E-state index in [0.29, 0.717) is 19.5 Å². The van der Waals surface area contributed by atoms with Crippen LogP contribution >= 0.6 is 11.8 Å². The first-order chi connectivity index (χ1) is 13.8. The lowest BCUT2D eigenvalue weighted by molar-refractivity contribution is -0.124. The maximum atomic E-state index is 11.6. The van der Waals surface area contributed by atoms with Gasteiger partial charge in [-0.05, 0) is 17.4 Å². The molecule has 0 radical (unpaired) electrons. The third-order valence-electron chi connectivity index (χ3n) is 4.73. The minimum atomic E-state index is -0.309. The molecule has 1 aliphatic rings. The fourth-order valence-corrected chi connectivity index (χ4v) is 3.96. The van der Waals surface area contributed by atoms with Gasteiger partial charge in [-0.15, -0.1) is 16.8 Å². The molecule has 0 atom stereocenters. The van der Waals surface area contributed by atoms with Crippen molar-refractivity contribution < 1.29 is 9.59 Å². The molecule has 1 N–H and O–H groups in total. The van der Waals surface area contributed by atoms with Crippen LogP contribution in [-0.2, 0) is 16.8 Å². The molecule has 1 aromatic carbocycles. The molecule has 0 saturated carbocycles. The highest BCUT2D eigenvalue weighted by molar-refractivity contribution is 7.99. The van der Waals surface area contributed by atoms with Gasteiger partial charge in [-0.1, -0.05) is 62.9 Å². The zero-order valence-electron chi connectivity index (χ0n) is 17.1. The molecule has 2 aromatic rings. The van der Waals surface area contributed by atoms with E-state index < -0.39 is 0 Å². The predicted molar refractivity (Wildman–Crippen MR) is 115 cm³/mol. The Bertz CT molecular complexity index is 883. The number of benzene rings is 1. The number of imide groups is 1. The van der Waals surface area contributed by atoms with E-state index in [1.54, 1.807) is 11.8 Å². The number of allylic oxidation sites excluding steroid dienone is 1. The molecule has 7 nitrogen and oxygen atoms in total. The first-order valence-electron chi connectivity index (χ1n) is 9.67. The number of thioether (sulfide) groups is 1. The monoisotopic (exact) mass is 413 g/mol. The van der Waals surface area contributed by atoms with E-state index in [1.165, 1.54) is 10.5 Å². The maximum Gasteiger partial charge on any atom is 0.324 e. The van der Waals surface area contributed by atoms with Crippen LogP contribution in [0.2, 0.25) is 0 Å². The molecule has 29 heavy (non-hydrogen) atoms. The van der Waals surface area contributed by atoms with Crippen LogP contribution < -0.4 is 5.32 Å².